The summed E-state index contributed by atoms with van der Waals surface area (Å²) in [5, 5.41) is 3.41. The summed E-state index contributed by atoms with van der Waals surface area (Å²) < 4.78 is 10.8. The summed E-state index contributed by atoms with van der Waals surface area (Å²) in [5.74, 6) is 0.876. The summed E-state index contributed by atoms with van der Waals surface area (Å²) in [6.07, 6.45) is 1.74. The maximum absolute atomic E-state index is 5.43. The van der Waals surface area contributed by atoms with Crippen molar-refractivity contribution in [3.05, 3.63) is 42.5 Å². The molecule has 0 heterocycles. The van der Waals surface area contributed by atoms with Gasteiger partial charge in [0, 0.05) is 19.2 Å². The Bertz CT molecular complexity index is 335. The van der Waals surface area contributed by atoms with Gasteiger partial charge in [-0.05, 0) is 31.5 Å². The average Bonchev–Trinajstić information content (AvgIpc) is 2.41. The first kappa shape index (κ1) is 14.7. The van der Waals surface area contributed by atoms with Crippen molar-refractivity contribution < 1.29 is 9.47 Å². The Hall–Kier alpha value is -1.32. The highest BCUT2D eigenvalue weighted by Crippen LogP contribution is 2.12. The first-order chi connectivity index (χ1) is 8.76. The van der Waals surface area contributed by atoms with Gasteiger partial charge in [0.15, 0.2) is 0 Å². The molecule has 100 valence electrons. The fourth-order valence-electron chi connectivity index (χ4n) is 1.50. The Balaban J connectivity index is 2.32. The molecule has 3 heteroatoms. The van der Waals surface area contributed by atoms with Crippen LogP contribution < -0.4 is 10.1 Å². The fraction of sp³-hybridized carbons (Fsp3) is 0.467. The van der Waals surface area contributed by atoms with E-state index in [1.54, 1.807) is 6.08 Å². The second-order valence-corrected chi connectivity index (χ2v) is 4.19. The predicted molar refractivity (Wildman–Crippen MR) is 74.9 cm³/mol. The van der Waals surface area contributed by atoms with Crippen LogP contribution >= 0.6 is 0 Å². The summed E-state index contributed by atoms with van der Waals surface area (Å²) in [6.45, 7) is 10.7. The van der Waals surface area contributed by atoms with E-state index in [0.717, 1.165) is 25.5 Å². The Kier molecular flexibility index (Phi) is 7.14. The minimum absolute atomic E-state index is 0.363. The van der Waals surface area contributed by atoms with E-state index >= 15 is 0 Å². The summed E-state index contributed by atoms with van der Waals surface area (Å²) in [4.78, 5) is 0. The molecule has 1 N–H and O–H groups in total. The van der Waals surface area contributed by atoms with Crippen LogP contribution in [0.25, 0.3) is 0 Å². The van der Waals surface area contributed by atoms with Crippen LogP contribution in [0.15, 0.2) is 36.9 Å². The highest BCUT2D eigenvalue weighted by Gasteiger charge is 2.01. The molecule has 1 rings (SSSR count). The quantitative estimate of drug-likeness (QED) is 0.683. The van der Waals surface area contributed by atoms with Crippen molar-refractivity contribution in [1.29, 1.82) is 0 Å². The zero-order valence-electron chi connectivity index (χ0n) is 11.3. The van der Waals surface area contributed by atoms with E-state index in [1.807, 2.05) is 19.1 Å². The van der Waals surface area contributed by atoms with Gasteiger partial charge >= 0.3 is 0 Å². The zero-order valence-corrected chi connectivity index (χ0v) is 11.3. The number of hydrogen-bond donors (Lipinski definition) is 1. The average molecular weight is 249 g/mol. The molecule has 0 bridgehead atoms. The Labute approximate surface area is 110 Å². The number of rotatable bonds is 9. The molecule has 0 saturated carbocycles. The van der Waals surface area contributed by atoms with Crippen molar-refractivity contribution in [1.82, 2.24) is 5.32 Å². The van der Waals surface area contributed by atoms with E-state index in [-0.39, 0.29) is 0 Å². The standard InChI is InChI=1S/C15H23NO2/c1-4-10-18-15-8-6-14(7-9-15)11-16-13(3)12-17-5-2/h4,6-9,13,16H,1,5,10-12H2,2-3H3. The Morgan fingerprint density at radius 2 is 2.06 bits per heavy atom. The molecule has 0 aliphatic carbocycles. The topological polar surface area (TPSA) is 30.5 Å². The third-order valence-corrected chi connectivity index (χ3v) is 2.52. The molecule has 0 radical (unpaired) electrons. The molecule has 0 fully saturated rings. The van der Waals surface area contributed by atoms with Crippen LogP contribution in [0, 0.1) is 0 Å². The summed E-state index contributed by atoms with van der Waals surface area (Å²) in [5.41, 5.74) is 1.24. The molecular formula is C15H23NO2. The maximum Gasteiger partial charge on any atom is 0.119 e. The fourth-order valence-corrected chi connectivity index (χ4v) is 1.50. The van der Waals surface area contributed by atoms with Crippen molar-refractivity contribution in [2.45, 2.75) is 26.4 Å². The van der Waals surface area contributed by atoms with Crippen LogP contribution in [0.2, 0.25) is 0 Å². The normalized spacial score (nSPS) is 12.1. The van der Waals surface area contributed by atoms with E-state index in [0.29, 0.717) is 12.6 Å². The minimum atomic E-state index is 0.363. The molecule has 1 aromatic rings. The zero-order chi connectivity index (χ0) is 13.2. The molecule has 0 aromatic heterocycles. The molecule has 1 atom stereocenters. The summed E-state index contributed by atoms with van der Waals surface area (Å²) in [6, 6.07) is 8.46. The largest absolute Gasteiger partial charge is 0.490 e. The molecule has 1 aromatic carbocycles. The lowest BCUT2D eigenvalue weighted by Gasteiger charge is -2.13. The lowest BCUT2D eigenvalue weighted by molar-refractivity contribution is 0.127. The van der Waals surface area contributed by atoms with Gasteiger partial charge in [-0.15, -0.1) is 0 Å². The second kappa shape index (κ2) is 8.72. The summed E-state index contributed by atoms with van der Waals surface area (Å²) >= 11 is 0. The van der Waals surface area contributed by atoms with Gasteiger partial charge < -0.3 is 14.8 Å². The van der Waals surface area contributed by atoms with E-state index in [9.17, 15) is 0 Å². The number of nitrogens with one attached hydrogen (secondary N) is 1. The van der Waals surface area contributed by atoms with Gasteiger partial charge in [-0.2, -0.15) is 0 Å². The van der Waals surface area contributed by atoms with E-state index < -0.39 is 0 Å². The third kappa shape index (κ3) is 5.84. The Morgan fingerprint density at radius 1 is 1.33 bits per heavy atom. The van der Waals surface area contributed by atoms with Gasteiger partial charge in [-0.3, -0.25) is 0 Å². The molecule has 0 spiro atoms. The third-order valence-electron chi connectivity index (χ3n) is 2.52. The predicted octanol–water partition coefficient (Wildman–Crippen LogP) is 2.77. The molecule has 0 saturated heterocycles. The van der Waals surface area contributed by atoms with Crippen LogP contribution in [0.1, 0.15) is 19.4 Å². The van der Waals surface area contributed by atoms with Crippen molar-refractivity contribution in [2.24, 2.45) is 0 Å². The van der Waals surface area contributed by atoms with Gasteiger partial charge in [0.05, 0.1) is 6.61 Å². The van der Waals surface area contributed by atoms with Gasteiger partial charge in [0.2, 0.25) is 0 Å². The minimum Gasteiger partial charge on any atom is -0.490 e. The molecule has 0 amide bonds. The molecule has 1 unspecified atom stereocenters. The highest BCUT2D eigenvalue weighted by molar-refractivity contribution is 5.27. The van der Waals surface area contributed by atoms with Gasteiger partial charge in [0.25, 0.3) is 0 Å². The first-order valence-corrected chi connectivity index (χ1v) is 6.40. The second-order valence-electron chi connectivity index (χ2n) is 4.19. The van der Waals surface area contributed by atoms with Crippen LogP contribution in [0.4, 0.5) is 0 Å². The van der Waals surface area contributed by atoms with Crippen molar-refractivity contribution in [2.75, 3.05) is 19.8 Å². The van der Waals surface area contributed by atoms with Crippen LogP contribution in [0.5, 0.6) is 5.75 Å². The first-order valence-electron chi connectivity index (χ1n) is 6.40. The molecule has 3 nitrogen and oxygen atoms in total. The van der Waals surface area contributed by atoms with Gasteiger partial charge in [-0.1, -0.05) is 24.8 Å². The number of benzene rings is 1. The van der Waals surface area contributed by atoms with E-state index in [2.05, 4.69) is 31.0 Å². The van der Waals surface area contributed by atoms with E-state index in [4.69, 9.17) is 9.47 Å². The molecule has 18 heavy (non-hydrogen) atoms. The molecule has 0 aliphatic rings. The van der Waals surface area contributed by atoms with Crippen LogP contribution in [-0.4, -0.2) is 25.9 Å². The lowest BCUT2D eigenvalue weighted by Crippen LogP contribution is -2.30. The van der Waals surface area contributed by atoms with Gasteiger partial charge in [0.1, 0.15) is 12.4 Å². The molecular weight excluding hydrogens is 226 g/mol. The molecule has 0 aliphatic heterocycles. The van der Waals surface area contributed by atoms with Crippen LogP contribution in [-0.2, 0) is 11.3 Å². The smallest absolute Gasteiger partial charge is 0.119 e. The van der Waals surface area contributed by atoms with Crippen molar-refractivity contribution in [3.8, 4) is 5.75 Å². The van der Waals surface area contributed by atoms with E-state index in [1.165, 1.54) is 5.56 Å². The number of ether oxygens (including phenoxy) is 2. The number of hydrogen-bond acceptors (Lipinski definition) is 3. The maximum atomic E-state index is 5.43. The Morgan fingerprint density at radius 3 is 2.67 bits per heavy atom. The SMILES string of the molecule is C=CCOc1ccc(CNC(C)COCC)cc1. The highest BCUT2D eigenvalue weighted by atomic mass is 16.5. The monoisotopic (exact) mass is 249 g/mol. The summed E-state index contributed by atoms with van der Waals surface area (Å²) in [7, 11) is 0. The van der Waals surface area contributed by atoms with Crippen molar-refractivity contribution >= 4 is 0 Å². The lowest BCUT2D eigenvalue weighted by atomic mass is 10.2. The van der Waals surface area contributed by atoms with Crippen LogP contribution in [0.3, 0.4) is 0 Å². The van der Waals surface area contributed by atoms with Crippen molar-refractivity contribution in [3.63, 3.8) is 0 Å². The van der Waals surface area contributed by atoms with Gasteiger partial charge in [-0.25, -0.2) is 0 Å².